The van der Waals surface area contributed by atoms with Gasteiger partial charge in [0.1, 0.15) is 0 Å². The predicted octanol–water partition coefficient (Wildman–Crippen LogP) is 5.83. The molecular formula is C25H22N2O4. The van der Waals surface area contributed by atoms with Crippen LogP contribution < -0.4 is 14.4 Å². The predicted molar refractivity (Wildman–Crippen MR) is 120 cm³/mol. The highest BCUT2D eigenvalue weighted by Gasteiger charge is 2.59. The zero-order valence-corrected chi connectivity index (χ0v) is 17.5. The maximum absolute atomic E-state index is 11.4. The first-order chi connectivity index (χ1) is 14.9. The van der Waals surface area contributed by atoms with Crippen LogP contribution in [0.15, 0.2) is 72.8 Å². The van der Waals surface area contributed by atoms with Gasteiger partial charge in [0.05, 0.1) is 23.5 Å². The summed E-state index contributed by atoms with van der Waals surface area (Å²) in [5.41, 5.74) is 2.50. The molecule has 6 nitrogen and oxygen atoms in total. The number of hydrogen-bond acceptors (Lipinski definition) is 5. The van der Waals surface area contributed by atoms with E-state index >= 15 is 0 Å². The highest BCUT2D eigenvalue weighted by molar-refractivity contribution is 5.80. The van der Waals surface area contributed by atoms with Crippen LogP contribution in [-0.2, 0) is 5.41 Å². The summed E-state index contributed by atoms with van der Waals surface area (Å²) in [5, 5.41) is 11.4. The van der Waals surface area contributed by atoms with E-state index in [9.17, 15) is 10.1 Å². The molecular weight excluding hydrogens is 392 g/mol. The summed E-state index contributed by atoms with van der Waals surface area (Å²) in [6.07, 6.45) is 3.91. The molecule has 0 N–H and O–H groups in total. The fourth-order valence-corrected chi connectivity index (χ4v) is 4.70. The second kappa shape index (κ2) is 6.60. The lowest BCUT2D eigenvalue weighted by Gasteiger charge is -2.47. The quantitative estimate of drug-likeness (QED) is 0.398. The molecule has 2 aliphatic heterocycles. The molecule has 0 saturated carbocycles. The van der Waals surface area contributed by atoms with Crippen molar-refractivity contribution >= 4 is 23.1 Å². The largest absolute Gasteiger partial charge is 0.493 e. The summed E-state index contributed by atoms with van der Waals surface area (Å²) in [5.74, 6) is 0.838. The highest BCUT2D eigenvalue weighted by atomic mass is 16.6. The second-order valence-corrected chi connectivity index (χ2v) is 8.27. The fourth-order valence-electron chi connectivity index (χ4n) is 4.70. The number of nitrogens with zero attached hydrogens (tertiary/aromatic N) is 2. The van der Waals surface area contributed by atoms with E-state index in [1.807, 2.05) is 42.5 Å². The molecule has 6 heteroatoms. The molecule has 31 heavy (non-hydrogen) atoms. The minimum absolute atomic E-state index is 0.0336. The van der Waals surface area contributed by atoms with Gasteiger partial charge in [-0.2, -0.15) is 0 Å². The van der Waals surface area contributed by atoms with E-state index in [-0.39, 0.29) is 5.69 Å². The van der Waals surface area contributed by atoms with Crippen molar-refractivity contribution in [2.24, 2.45) is 0 Å². The molecule has 1 spiro atoms. The van der Waals surface area contributed by atoms with Gasteiger partial charge < -0.3 is 9.47 Å². The number of nitro groups is 1. The van der Waals surface area contributed by atoms with Gasteiger partial charge in [-0.3, -0.25) is 15.0 Å². The van der Waals surface area contributed by atoms with Gasteiger partial charge in [-0.1, -0.05) is 36.4 Å². The van der Waals surface area contributed by atoms with E-state index in [1.165, 1.54) is 19.2 Å². The first kappa shape index (κ1) is 19.2. The van der Waals surface area contributed by atoms with Crippen LogP contribution in [0.3, 0.4) is 0 Å². The highest BCUT2D eigenvalue weighted by Crippen LogP contribution is 2.58. The Morgan fingerprint density at radius 2 is 1.74 bits per heavy atom. The maximum Gasteiger partial charge on any atom is 0.274 e. The molecule has 0 aliphatic carbocycles. The second-order valence-electron chi connectivity index (χ2n) is 8.27. The van der Waals surface area contributed by atoms with Crippen molar-refractivity contribution < 1.29 is 14.4 Å². The van der Waals surface area contributed by atoms with E-state index in [1.54, 1.807) is 0 Å². The third-order valence-electron chi connectivity index (χ3n) is 6.31. The van der Waals surface area contributed by atoms with Crippen LogP contribution in [-0.4, -0.2) is 17.8 Å². The summed E-state index contributed by atoms with van der Waals surface area (Å²) >= 11 is 0. The molecule has 2 heterocycles. The van der Waals surface area contributed by atoms with Crippen molar-refractivity contribution in [3.63, 3.8) is 0 Å². The standard InChI is InChI=1S/C25H22N2O4/c1-24(2)20-11-7-8-12-21(20)26(18-9-5-4-6-10-18)25(24)14-13-17-15-19(27(28)29)16-22(30-3)23(17)31-25/h4-16H,1-3H3/t25-/m0/s1. The van der Waals surface area contributed by atoms with Crippen molar-refractivity contribution in [3.05, 3.63) is 94.0 Å². The molecule has 5 rings (SSSR count). The SMILES string of the molecule is COc1cc([N+](=O)[O-])cc2c1O[C@]1(C=C2)N(c2ccccc2)c2ccccc2C1(C)C. The van der Waals surface area contributed by atoms with Crippen LogP contribution in [0.5, 0.6) is 11.5 Å². The number of hydrogen-bond donors (Lipinski definition) is 0. The first-order valence-electron chi connectivity index (χ1n) is 10.1. The Morgan fingerprint density at radius 3 is 2.45 bits per heavy atom. The lowest BCUT2D eigenvalue weighted by molar-refractivity contribution is -0.385. The van der Waals surface area contributed by atoms with Crippen molar-refractivity contribution in [3.8, 4) is 11.5 Å². The number of methoxy groups -OCH3 is 1. The maximum atomic E-state index is 11.4. The Balaban J connectivity index is 1.76. The van der Waals surface area contributed by atoms with Crippen LogP contribution in [0, 0.1) is 10.1 Å². The number of fused-ring (bicyclic) bond motifs is 2. The first-order valence-corrected chi connectivity index (χ1v) is 10.1. The lowest BCUT2D eigenvalue weighted by atomic mass is 9.76. The average molecular weight is 414 g/mol. The van der Waals surface area contributed by atoms with E-state index in [4.69, 9.17) is 9.47 Å². The lowest BCUT2D eigenvalue weighted by Crippen LogP contribution is -2.57. The third-order valence-corrected chi connectivity index (χ3v) is 6.31. The Hall–Kier alpha value is -3.80. The van der Waals surface area contributed by atoms with E-state index in [0.717, 1.165) is 16.9 Å². The number of para-hydroxylation sites is 2. The molecule has 1 atom stereocenters. The zero-order chi connectivity index (χ0) is 21.8. The topological polar surface area (TPSA) is 64.8 Å². The van der Waals surface area contributed by atoms with Crippen molar-refractivity contribution in [1.82, 2.24) is 0 Å². The Morgan fingerprint density at radius 1 is 1.03 bits per heavy atom. The Labute approximate surface area is 180 Å². The van der Waals surface area contributed by atoms with E-state index < -0.39 is 16.1 Å². The molecule has 156 valence electrons. The third kappa shape index (κ3) is 2.57. The molecule has 3 aromatic rings. The van der Waals surface area contributed by atoms with Crippen LogP contribution in [0.25, 0.3) is 6.08 Å². The molecule has 0 aromatic heterocycles. The molecule has 0 amide bonds. The summed E-state index contributed by atoms with van der Waals surface area (Å²) in [4.78, 5) is 13.1. The van der Waals surface area contributed by atoms with Gasteiger partial charge in [0, 0.05) is 23.0 Å². The summed E-state index contributed by atoms with van der Waals surface area (Å²) < 4.78 is 12.3. The molecule has 0 bridgehead atoms. The van der Waals surface area contributed by atoms with Crippen molar-refractivity contribution in [2.75, 3.05) is 12.0 Å². The summed E-state index contributed by atoms with van der Waals surface area (Å²) in [7, 11) is 1.50. The van der Waals surface area contributed by atoms with Crippen molar-refractivity contribution in [2.45, 2.75) is 25.0 Å². The minimum Gasteiger partial charge on any atom is -0.493 e. The average Bonchev–Trinajstić information content (AvgIpc) is 2.97. The van der Waals surface area contributed by atoms with Gasteiger partial charge in [0.25, 0.3) is 5.69 Å². The normalized spacial score (nSPS) is 20.2. The van der Waals surface area contributed by atoms with Gasteiger partial charge in [-0.15, -0.1) is 0 Å². The van der Waals surface area contributed by atoms with Gasteiger partial charge in [-0.05, 0) is 49.8 Å². The molecule has 3 aromatic carbocycles. The Kier molecular flexibility index (Phi) is 4.09. The summed E-state index contributed by atoms with van der Waals surface area (Å²) in [6.45, 7) is 4.31. The number of rotatable bonds is 3. The molecule has 0 saturated heterocycles. The smallest absolute Gasteiger partial charge is 0.274 e. The van der Waals surface area contributed by atoms with Crippen LogP contribution in [0.2, 0.25) is 0 Å². The van der Waals surface area contributed by atoms with E-state index in [2.05, 4.69) is 43.0 Å². The fraction of sp³-hybridized carbons (Fsp3) is 0.200. The molecule has 0 unspecified atom stereocenters. The molecule has 2 aliphatic rings. The number of benzene rings is 3. The van der Waals surface area contributed by atoms with E-state index in [0.29, 0.717) is 17.1 Å². The van der Waals surface area contributed by atoms with Gasteiger partial charge in [-0.25, -0.2) is 0 Å². The van der Waals surface area contributed by atoms with Crippen LogP contribution in [0.4, 0.5) is 17.1 Å². The molecule has 0 fully saturated rings. The molecule has 0 radical (unpaired) electrons. The van der Waals surface area contributed by atoms with Crippen LogP contribution in [0.1, 0.15) is 25.0 Å². The number of ether oxygens (including phenoxy) is 2. The van der Waals surface area contributed by atoms with Gasteiger partial charge in [0.15, 0.2) is 11.5 Å². The Bertz CT molecular complexity index is 1220. The number of nitro benzene ring substituents is 1. The summed E-state index contributed by atoms with van der Waals surface area (Å²) in [6, 6.07) is 21.3. The number of non-ortho nitro benzene ring substituents is 1. The van der Waals surface area contributed by atoms with Gasteiger partial charge >= 0.3 is 0 Å². The van der Waals surface area contributed by atoms with Crippen LogP contribution >= 0.6 is 0 Å². The van der Waals surface area contributed by atoms with Crippen molar-refractivity contribution in [1.29, 1.82) is 0 Å². The zero-order valence-electron chi connectivity index (χ0n) is 17.5. The number of anilines is 2. The minimum atomic E-state index is -0.881. The monoisotopic (exact) mass is 414 g/mol. The van der Waals surface area contributed by atoms with Gasteiger partial charge in [0.2, 0.25) is 5.72 Å².